The summed E-state index contributed by atoms with van der Waals surface area (Å²) in [5, 5.41) is 49.5. The maximum Gasteiger partial charge on any atom is 0.126 e. The van der Waals surface area contributed by atoms with Crippen LogP contribution in [-0.4, -0.2) is 63.2 Å². The Morgan fingerprint density at radius 2 is 1.71 bits per heavy atom. The molecule has 0 amide bonds. The molecule has 7 nitrogen and oxygen atoms in total. The normalized spacial score (nSPS) is 29.4. The molecule has 5 unspecified atom stereocenters. The summed E-state index contributed by atoms with van der Waals surface area (Å²) in [6.07, 6.45) is -4.66. The monoisotopic (exact) mass is 388 g/mol. The first kappa shape index (κ1) is 19.2. The fourth-order valence-corrected chi connectivity index (χ4v) is 3.92. The molecule has 2 aromatic rings. The Morgan fingerprint density at radius 3 is 2.43 bits per heavy atom. The summed E-state index contributed by atoms with van der Waals surface area (Å²) in [5.41, 5.74) is 3.55. The lowest BCUT2D eigenvalue weighted by Crippen LogP contribution is -2.55. The van der Waals surface area contributed by atoms with E-state index in [9.17, 15) is 25.5 Å². The quantitative estimate of drug-likeness (QED) is 0.515. The number of hydrogen-bond acceptors (Lipinski definition) is 7. The average Bonchev–Trinajstić information content (AvgIpc) is 3.17. The van der Waals surface area contributed by atoms with Gasteiger partial charge in [0.15, 0.2) is 0 Å². The van der Waals surface area contributed by atoms with Gasteiger partial charge in [-0.1, -0.05) is 12.1 Å². The Labute approximate surface area is 162 Å². The number of aliphatic hydroxyl groups excluding tert-OH is 4. The number of aliphatic hydroxyl groups is 4. The lowest BCUT2D eigenvalue weighted by atomic mass is 9.88. The molecule has 0 bridgehead atoms. The minimum Gasteiger partial charge on any atom is -0.508 e. The highest BCUT2D eigenvalue weighted by Crippen LogP contribution is 2.39. The van der Waals surface area contributed by atoms with Crippen LogP contribution in [0.5, 0.6) is 11.5 Å². The first-order valence-corrected chi connectivity index (χ1v) is 9.35. The maximum absolute atomic E-state index is 10.5. The van der Waals surface area contributed by atoms with Crippen LogP contribution in [0, 0.1) is 0 Å². The van der Waals surface area contributed by atoms with E-state index in [1.165, 1.54) is 0 Å². The minimum absolute atomic E-state index is 0.195. The van der Waals surface area contributed by atoms with E-state index in [0.717, 1.165) is 28.9 Å². The molecule has 7 heteroatoms. The van der Waals surface area contributed by atoms with Crippen molar-refractivity contribution in [1.29, 1.82) is 0 Å². The van der Waals surface area contributed by atoms with Crippen LogP contribution in [0.1, 0.15) is 28.4 Å². The third kappa shape index (κ3) is 3.47. The van der Waals surface area contributed by atoms with Crippen LogP contribution in [-0.2, 0) is 17.6 Å². The van der Waals surface area contributed by atoms with E-state index in [-0.39, 0.29) is 5.75 Å². The van der Waals surface area contributed by atoms with Crippen molar-refractivity contribution >= 4 is 0 Å². The zero-order valence-corrected chi connectivity index (χ0v) is 15.2. The van der Waals surface area contributed by atoms with Gasteiger partial charge in [-0.2, -0.15) is 0 Å². The summed E-state index contributed by atoms with van der Waals surface area (Å²) in [4.78, 5) is 0. The van der Waals surface area contributed by atoms with Crippen LogP contribution in [0.4, 0.5) is 0 Å². The van der Waals surface area contributed by atoms with E-state index in [1.54, 1.807) is 12.1 Å². The molecule has 2 aliphatic rings. The van der Waals surface area contributed by atoms with Crippen molar-refractivity contribution in [1.82, 2.24) is 0 Å². The molecule has 0 aromatic heterocycles. The predicted octanol–water partition coefficient (Wildman–Crippen LogP) is 0.433. The van der Waals surface area contributed by atoms with Crippen molar-refractivity contribution in [3.63, 3.8) is 0 Å². The number of benzene rings is 2. The molecule has 28 heavy (non-hydrogen) atoms. The van der Waals surface area contributed by atoms with Crippen molar-refractivity contribution < 1.29 is 35.0 Å². The number of rotatable bonds is 4. The van der Waals surface area contributed by atoms with Crippen molar-refractivity contribution in [2.24, 2.45) is 0 Å². The van der Waals surface area contributed by atoms with E-state index in [1.807, 2.05) is 24.3 Å². The number of hydrogen-bond donors (Lipinski definition) is 5. The lowest BCUT2D eigenvalue weighted by molar-refractivity contribution is -0.231. The number of phenolic OH excluding ortho intramolecular Hbond substituents is 1. The van der Waals surface area contributed by atoms with Crippen LogP contribution in [0.15, 0.2) is 36.4 Å². The minimum atomic E-state index is -1.42. The Balaban J connectivity index is 1.69. The summed E-state index contributed by atoms with van der Waals surface area (Å²) in [7, 11) is 0. The summed E-state index contributed by atoms with van der Waals surface area (Å²) >= 11 is 0. The van der Waals surface area contributed by atoms with E-state index in [2.05, 4.69) is 0 Å². The molecule has 5 atom stereocenters. The molecular weight excluding hydrogens is 364 g/mol. The lowest BCUT2D eigenvalue weighted by Gasteiger charge is -2.40. The number of aromatic hydroxyl groups is 1. The highest BCUT2D eigenvalue weighted by molar-refractivity contribution is 5.50. The molecule has 2 aliphatic heterocycles. The van der Waals surface area contributed by atoms with Crippen LogP contribution in [0.2, 0.25) is 0 Å². The first-order chi connectivity index (χ1) is 13.5. The zero-order valence-electron chi connectivity index (χ0n) is 15.2. The second-order valence-electron chi connectivity index (χ2n) is 7.36. The molecule has 5 N–H and O–H groups in total. The molecule has 150 valence electrons. The fraction of sp³-hybridized carbons (Fsp3) is 0.429. The van der Waals surface area contributed by atoms with E-state index in [4.69, 9.17) is 9.47 Å². The molecule has 2 aromatic carbocycles. The molecular formula is C21H24O7. The third-order valence-electron chi connectivity index (χ3n) is 5.43. The SMILES string of the molecule is OCC1OC(c2cc3c(c(Cc4ccc(O)cc4)c2)OCC3)C(O)C(O)C1O. The largest absolute Gasteiger partial charge is 0.508 e. The number of fused-ring (bicyclic) bond motifs is 1. The van der Waals surface area contributed by atoms with Gasteiger partial charge in [0.1, 0.15) is 42.0 Å². The number of phenols is 1. The van der Waals surface area contributed by atoms with Gasteiger partial charge >= 0.3 is 0 Å². The van der Waals surface area contributed by atoms with Crippen LogP contribution < -0.4 is 4.74 Å². The van der Waals surface area contributed by atoms with Gasteiger partial charge in [-0.25, -0.2) is 0 Å². The second kappa shape index (κ2) is 7.69. The molecule has 0 spiro atoms. The maximum atomic E-state index is 10.5. The van der Waals surface area contributed by atoms with Gasteiger partial charge in [0.2, 0.25) is 0 Å². The second-order valence-corrected chi connectivity index (χ2v) is 7.36. The standard InChI is InChI=1S/C21H24O7/c22-10-16-17(24)18(25)19(26)21(28-16)14-8-12-5-6-27-20(12)13(9-14)7-11-1-3-15(23)4-2-11/h1-4,8-9,16-19,21-26H,5-7,10H2. The third-order valence-corrected chi connectivity index (χ3v) is 5.43. The molecule has 2 heterocycles. The average molecular weight is 388 g/mol. The Morgan fingerprint density at radius 1 is 0.964 bits per heavy atom. The summed E-state index contributed by atoms with van der Waals surface area (Å²) in [5.74, 6) is 1.00. The molecule has 0 saturated carbocycles. The smallest absolute Gasteiger partial charge is 0.126 e. The number of ether oxygens (including phenoxy) is 2. The molecule has 0 aliphatic carbocycles. The van der Waals surface area contributed by atoms with Crippen molar-refractivity contribution in [3.8, 4) is 11.5 Å². The van der Waals surface area contributed by atoms with Crippen LogP contribution in [0.3, 0.4) is 0 Å². The highest BCUT2D eigenvalue weighted by Gasteiger charge is 2.44. The molecule has 1 fully saturated rings. The van der Waals surface area contributed by atoms with Gasteiger partial charge in [0, 0.05) is 12.8 Å². The Kier molecular flexibility index (Phi) is 5.27. The Hall–Kier alpha value is -2.16. The van der Waals surface area contributed by atoms with Gasteiger partial charge in [0.25, 0.3) is 0 Å². The van der Waals surface area contributed by atoms with Gasteiger partial charge in [0.05, 0.1) is 13.2 Å². The van der Waals surface area contributed by atoms with E-state index in [0.29, 0.717) is 18.6 Å². The van der Waals surface area contributed by atoms with Crippen molar-refractivity contribution in [2.45, 2.75) is 43.4 Å². The van der Waals surface area contributed by atoms with Gasteiger partial charge < -0.3 is 35.0 Å². The zero-order chi connectivity index (χ0) is 19.8. The first-order valence-electron chi connectivity index (χ1n) is 9.35. The molecule has 0 radical (unpaired) electrons. The van der Waals surface area contributed by atoms with Crippen LogP contribution >= 0.6 is 0 Å². The van der Waals surface area contributed by atoms with E-state index >= 15 is 0 Å². The summed E-state index contributed by atoms with van der Waals surface area (Å²) < 4.78 is 11.5. The molecule has 1 saturated heterocycles. The van der Waals surface area contributed by atoms with Gasteiger partial charge in [-0.3, -0.25) is 0 Å². The van der Waals surface area contributed by atoms with Gasteiger partial charge in [-0.05, 0) is 46.5 Å². The topological polar surface area (TPSA) is 120 Å². The highest BCUT2D eigenvalue weighted by atomic mass is 16.5. The summed E-state index contributed by atoms with van der Waals surface area (Å²) in [6, 6.07) is 10.7. The van der Waals surface area contributed by atoms with Crippen LogP contribution in [0.25, 0.3) is 0 Å². The van der Waals surface area contributed by atoms with E-state index < -0.39 is 37.1 Å². The molecule has 4 rings (SSSR count). The Bertz CT molecular complexity index is 833. The van der Waals surface area contributed by atoms with Crippen molar-refractivity contribution in [3.05, 3.63) is 58.7 Å². The summed E-state index contributed by atoms with van der Waals surface area (Å²) in [6.45, 7) is 0.103. The van der Waals surface area contributed by atoms with Crippen molar-refractivity contribution in [2.75, 3.05) is 13.2 Å². The van der Waals surface area contributed by atoms with Gasteiger partial charge in [-0.15, -0.1) is 0 Å². The predicted molar refractivity (Wildman–Crippen MR) is 99.3 cm³/mol. The fourth-order valence-electron chi connectivity index (χ4n) is 3.92.